The van der Waals surface area contributed by atoms with Gasteiger partial charge < -0.3 is 10.4 Å². The Labute approximate surface area is 93.3 Å². The van der Waals surface area contributed by atoms with Gasteiger partial charge in [0.1, 0.15) is 5.75 Å². The molecule has 0 fully saturated rings. The summed E-state index contributed by atoms with van der Waals surface area (Å²) < 4.78 is 0. The molecule has 15 heavy (non-hydrogen) atoms. The van der Waals surface area contributed by atoms with Crippen molar-refractivity contribution in [2.75, 3.05) is 11.9 Å². The molecule has 0 atom stereocenters. The maximum Gasteiger partial charge on any atom is 0.138 e. The zero-order chi connectivity index (χ0) is 11.7. The number of phenolic OH excluding ortho intramolecular Hbond substituents is 1. The molecular formula is C13H23NO. The van der Waals surface area contributed by atoms with E-state index in [1.807, 2.05) is 33.8 Å². The summed E-state index contributed by atoms with van der Waals surface area (Å²) in [7, 11) is 0. The first-order valence-corrected chi connectivity index (χ1v) is 5.92. The second-order valence-corrected chi connectivity index (χ2v) is 2.84. The molecule has 0 spiro atoms. The summed E-state index contributed by atoms with van der Waals surface area (Å²) in [4.78, 5) is 0. The Hall–Kier alpha value is -1.18. The van der Waals surface area contributed by atoms with E-state index >= 15 is 0 Å². The van der Waals surface area contributed by atoms with E-state index in [9.17, 15) is 5.11 Å². The minimum absolute atomic E-state index is 0.377. The van der Waals surface area contributed by atoms with Gasteiger partial charge in [0.05, 0.1) is 5.69 Å². The van der Waals surface area contributed by atoms with Crippen LogP contribution < -0.4 is 5.32 Å². The lowest BCUT2D eigenvalue weighted by Crippen LogP contribution is -2.11. The second kappa shape index (κ2) is 8.16. The van der Waals surface area contributed by atoms with E-state index in [-0.39, 0.29) is 0 Å². The number of para-hydroxylation sites is 1. The first-order valence-electron chi connectivity index (χ1n) is 5.92. The van der Waals surface area contributed by atoms with Gasteiger partial charge in [0, 0.05) is 6.54 Å². The van der Waals surface area contributed by atoms with Crippen LogP contribution in [0.15, 0.2) is 18.2 Å². The number of phenols is 1. The first-order chi connectivity index (χ1) is 7.38. The summed E-state index contributed by atoms with van der Waals surface area (Å²) in [5.41, 5.74) is 2.16. The molecule has 0 aliphatic carbocycles. The Morgan fingerprint density at radius 3 is 2.40 bits per heavy atom. The molecule has 86 valence electrons. The van der Waals surface area contributed by atoms with Crippen molar-refractivity contribution in [3.63, 3.8) is 0 Å². The third kappa shape index (κ3) is 3.82. The molecule has 0 aromatic heterocycles. The van der Waals surface area contributed by atoms with Crippen LogP contribution in [0.4, 0.5) is 5.69 Å². The van der Waals surface area contributed by atoms with E-state index in [1.54, 1.807) is 6.07 Å². The predicted molar refractivity (Wildman–Crippen MR) is 67.6 cm³/mol. The molecule has 0 amide bonds. The van der Waals surface area contributed by atoms with Crippen molar-refractivity contribution in [2.45, 2.75) is 40.5 Å². The highest BCUT2D eigenvalue weighted by Gasteiger charge is 2.10. The lowest BCUT2D eigenvalue weighted by atomic mass is 10.0. The van der Waals surface area contributed by atoms with E-state index in [4.69, 9.17) is 0 Å². The number of hydrogen-bond acceptors (Lipinski definition) is 2. The van der Waals surface area contributed by atoms with E-state index in [1.165, 1.54) is 5.56 Å². The van der Waals surface area contributed by atoms with Crippen molar-refractivity contribution in [3.05, 3.63) is 23.8 Å². The zero-order valence-corrected chi connectivity index (χ0v) is 10.3. The second-order valence-electron chi connectivity index (χ2n) is 2.84. The fourth-order valence-corrected chi connectivity index (χ4v) is 1.49. The third-order valence-corrected chi connectivity index (χ3v) is 2.05. The topological polar surface area (TPSA) is 32.3 Å². The molecule has 1 aromatic rings. The summed E-state index contributed by atoms with van der Waals surface area (Å²) in [6.45, 7) is 8.98. The highest BCUT2D eigenvalue weighted by atomic mass is 16.3. The van der Waals surface area contributed by atoms with Crippen LogP contribution in [0.25, 0.3) is 0 Å². The highest BCUT2D eigenvalue weighted by molar-refractivity contribution is 5.62. The van der Waals surface area contributed by atoms with Gasteiger partial charge in [0.25, 0.3) is 0 Å². The lowest BCUT2D eigenvalue weighted by molar-refractivity contribution is 0.475. The Balaban J connectivity index is 0.000000442. The van der Waals surface area contributed by atoms with Crippen LogP contribution in [0.2, 0.25) is 0 Å². The van der Waals surface area contributed by atoms with Crippen LogP contribution in [0.3, 0.4) is 0 Å². The summed E-state index contributed by atoms with van der Waals surface area (Å²) in [6, 6.07) is 5.67. The average molecular weight is 209 g/mol. The van der Waals surface area contributed by atoms with Gasteiger partial charge in [-0.15, -0.1) is 0 Å². The van der Waals surface area contributed by atoms with Gasteiger partial charge in [0.2, 0.25) is 0 Å². The Kier molecular flexibility index (Phi) is 7.51. The zero-order valence-electron chi connectivity index (χ0n) is 10.3. The number of aromatic hydroxyl groups is 1. The minimum Gasteiger partial charge on any atom is -0.506 e. The molecular weight excluding hydrogens is 186 g/mol. The molecule has 2 N–H and O–H groups in total. The Bertz CT molecular complexity index is 271. The standard InChI is InChI=1S/C9H11NO.2C2H6/c11-8-5-1-3-7-4-2-6-10-9(7)8;2*1-2/h1,3,5,10-11H,2,4,6H2;2*1-2H3. The molecule has 0 saturated heterocycles. The van der Waals surface area contributed by atoms with Gasteiger partial charge in [-0.25, -0.2) is 0 Å². The number of fused-ring (bicyclic) bond motifs is 1. The number of benzene rings is 1. The molecule has 0 saturated carbocycles. The number of hydrogen-bond donors (Lipinski definition) is 2. The van der Waals surface area contributed by atoms with Crippen molar-refractivity contribution < 1.29 is 5.11 Å². The molecule has 0 radical (unpaired) electrons. The fourth-order valence-electron chi connectivity index (χ4n) is 1.49. The Morgan fingerprint density at radius 2 is 1.80 bits per heavy atom. The van der Waals surface area contributed by atoms with Crippen molar-refractivity contribution in [1.29, 1.82) is 0 Å². The van der Waals surface area contributed by atoms with Crippen LogP contribution >= 0.6 is 0 Å². The van der Waals surface area contributed by atoms with Crippen LogP contribution in [0, 0.1) is 0 Å². The average Bonchev–Trinajstić information content (AvgIpc) is 2.35. The molecule has 1 aromatic carbocycles. The Morgan fingerprint density at radius 1 is 1.13 bits per heavy atom. The van der Waals surface area contributed by atoms with E-state index in [2.05, 4.69) is 11.4 Å². The summed E-state index contributed by atoms with van der Waals surface area (Å²) in [6.07, 6.45) is 2.24. The summed E-state index contributed by atoms with van der Waals surface area (Å²) >= 11 is 0. The van der Waals surface area contributed by atoms with Crippen LogP contribution in [0.5, 0.6) is 5.75 Å². The van der Waals surface area contributed by atoms with E-state index in [0.717, 1.165) is 25.1 Å². The fraction of sp³-hybridized carbons (Fsp3) is 0.538. The maximum atomic E-state index is 9.39. The number of nitrogens with one attached hydrogen (secondary N) is 1. The molecule has 2 heteroatoms. The van der Waals surface area contributed by atoms with Gasteiger partial charge in [-0.3, -0.25) is 0 Å². The third-order valence-electron chi connectivity index (χ3n) is 2.05. The monoisotopic (exact) mass is 209 g/mol. The maximum absolute atomic E-state index is 9.39. The summed E-state index contributed by atoms with van der Waals surface area (Å²) in [5, 5.41) is 12.6. The molecule has 0 unspecified atom stereocenters. The van der Waals surface area contributed by atoms with Crippen molar-refractivity contribution in [3.8, 4) is 5.75 Å². The van der Waals surface area contributed by atoms with Gasteiger partial charge in [-0.1, -0.05) is 39.8 Å². The van der Waals surface area contributed by atoms with Crippen molar-refractivity contribution >= 4 is 5.69 Å². The number of anilines is 1. The normalized spacial score (nSPS) is 12.0. The van der Waals surface area contributed by atoms with Crippen LogP contribution in [0.1, 0.15) is 39.7 Å². The highest BCUT2D eigenvalue weighted by Crippen LogP contribution is 2.30. The van der Waals surface area contributed by atoms with E-state index < -0.39 is 0 Å². The first kappa shape index (κ1) is 13.8. The number of rotatable bonds is 0. The quantitative estimate of drug-likeness (QED) is 0.637. The molecule has 2 nitrogen and oxygen atoms in total. The lowest BCUT2D eigenvalue weighted by Gasteiger charge is -2.18. The molecule has 0 bridgehead atoms. The molecule has 1 aliphatic heterocycles. The van der Waals surface area contributed by atoms with Gasteiger partial charge in [-0.05, 0) is 24.5 Å². The van der Waals surface area contributed by atoms with Crippen molar-refractivity contribution in [1.82, 2.24) is 0 Å². The van der Waals surface area contributed by atoms with Gasteiger partial charge in [0.15, 0.2) is 0 Å². The van der Waals surface area contributed by atoms with Crippen molar-refractivity contribution in [2.24, 2.45) is 0 Å². The molecule has 2 rings (SSSR count). The van der Waals surface area contributed by atoms with Gasteiger partial charge >= 0.3 is 0 Å². The van der Waals surface area contributed by atoms with Crippen LogP contribution in [-0.2, 0) is 6.42 Å². The number of aryl methyl sites for hydroxylation is 1. The molecule has 1 aliphatic rings. The minimum atomic E-state index is 0.377. The summed E-state index contributed by atoms with van der Waals surface area (Å²) in [5.74, 6) is 0.377. The SMILES string of the molecule is CC.CC.Oc1cccc2c1NCCC2. The van der Waals surface area contributed by atoms with Crippen LogP contribution in [-0.4, -0.2) is 11.7 Å². The van der Waals surface area contributed by atoms with Gasteiger partial charge in [-0.2, -0.15) is 0 Å². The van der Waals surface area contributed by atoms with E-state index in [0.29, 0.717) is 5.75 Å². The smallest absolute Gasteiger partial charge is 0.138 e. The largest absolute Gasteiger partial charge is 0.506 e. The molecule has 1 heterocycles. The predicted octanol–water partition coefficient (Wildman–Crippen LogP) is 3.80.